The third-order valence-corrected chi connectivity index (χ3v) is 8.59. The van der Waals surface area contributed by atoms with Gasteiger partial charge in [-0.05, 0) is 25.7 Å². The normalized spacial score (nSPS) is 12.0. The monoisotopic (exact) mass is 502 g/mol. The minimum absolute atomic E-state index is 0.693. The summed E-state index contributed by atoms with van der Waals surface area (Å²) in [6, 6.07) is 0. The van der Waals surface area contributed by atoms with Crippen LogP contribution in [0.15, 0.2) is 0 Å². The molecule has 0 heterocycles. The molecule has 0 atom stereocenters. The first-order chi connectivity index (χ1) is 16.7. The summed E-state index contributed by atoms with van der Waals surface area (Å²) in [5.41, 5.74) is 0. The Kier molecular flexibility index (Phi) is 27.7. The highest BCUT2D eigenvalue weighted by atomic mass is 28.4. The van der Waals surface area contributed by atoms with Gasteiger partial charge in [0.15, 0.2) is 0 Å². The zero-order valence-corrected chi connectivity index (χ0v) is 24.8. The molecule has 0 rings (SSSR count). The van der Waals surface area contributed by atoms with Crippen LogP contribution in [0.1, 0.15) is 163 Å². The van der Waals surface area contributed by atoms with E-state index in [0.717, 1.165) is 25.7 Å². The second kappa shape index (κ2) is 27.6. The van der Waals surface area contributed by atoms with E-state index in [4.69, 9.17) is 17.7 Å². The third kappa shape index (κ3) is 22.5. The van der Waals surface area contributed by atoms with E-state index in [1.165, 1.54) is 109 Å². The van der Waals surface area contributed by atoms with Crippen LogP contribution in [0.5, 0.6) is 0 Å². The highest BCUT2D eigenvalue weighted by molar-refractivity contribution is 6.53. The molecular weight excluding hydrogens is 440 g/mol. The van der Waals surface area contributed by atoms with Gasteiger partial charge in [-0.25, -0.2) is 0 Å². The van der Waals surface area contributed by atoms with E-state index in [1.807, 2.05) is 0 Å². The lowest BCUT2D eigenvalue weighted by Crippen LogP contribution is -2.50. The van der Waals surface area contributed by atoms with Gasteiger partial charge < -0.3 is 17.7 Å². The van der Waals surface area contributed by atoms with Gasteiger partial charge in [-0.2, -0.15) is 0 Å². The van der Waals surface area contributed by atoms with Crippen LogP contribution < -0.4 is 0 Å². The molecule has 0 radical (unpaired) electrons. The zero-order valence-electron chi connectivity index (χ0n) is 23.8. The largest absolute Gasteiger partial charge is 0.679 e. The van der Waals surface area contributed by atoms with E-state index < -0.39 is 9.05 Å². The second-order valence-electron chi connectivity index (χ2n) is 9.90. The molecule has 206 valence electrons. The average Bonchev–Trinajstić information content (AvgIpc) is 2.85. The predicted molar refractivity (Wildman–Crippen MR) is 149 cm³/mol. The van der Waals surface area contributed by atoms with E-state index >= 15 is 0 Å². The number of hydrogen-bond acceptors (Lipinski definition) is 4. The maximum Gasteiger partial charge on any atom is 0.679 e. The topological polar surface area (TPSA) is 36.9 Å². The molecule has 0 saturated heterocycles. The summed E-state index contributed by atoms with van der Waals surface area (Å²) in [5, 5.41) is 0. The zero-order chi connectivity index (χ0) is 25.0. The summed E-state index contributed by atoms with van der Waals surface area (Å²) in [6.45, 7) is 11.8. The van der Waals surface area contributed by atoms with Crippen molar-refractivity contribution in [3.05, 3.63) is 0 Å². The molecule has 0 fully saturated rings. The maximum absolute atomic E-state index is 6.39. The first kappa shape index (κ1) is 34.1. The third-order valence-electron chi connectivity index (χ3n) is 6.36. The van der Waals surface area contributed by atoms with Gasteiger partial charge in [-0.15, -0.1) is 0 Å². The molecule has 0 saturated carbocycles. The Morgan fingerprint density at radius 1 is 0.294 bits per heavy atom. The van der Waals surface area contributed by atoms with Crippen molar-refractivity contribution in [2.45, 2.75) is 163 Å². The Bertz CT molecular complexity index is 340. The quantitative estimate of drug-likeness (QED) is 0.0753. The summed E-state index contributed by atoms with van der Waals surface area (Å²) in [5.74, 6) is 0. The van der Waals surface area contributed by atoms with Gasteiger partial charge in [0, 0.05) is 26.4 Å². The molecular formula is C29H62O4Si. The van der Waals surface area contributed by atoms with E-state index in [1.54, 1.807) is 0 Å². The van der Waals surface area contributed by atoms with E-state index in [0.29, 0.717) is 26.4 Å². The molecule has 0 amide bonds. The van der Waals surface area contributed by atoms with Crippen LogP contribution in [0.2, 0.25) is 0 Å². The van der Waals surface area contributed by atoms with E-state index in [2.05, 4.69) is 27.7 Å². The minimum atomic E-state index is -3.08. The van der Waals surface area contributed by atoms with E-state index in [9.17, 15) is 0 Å². The molecule has 0 aromatic carbocycles. The molecule has 0 aliphatic rings. The summed E-state index contributed by atoms with van der Waals surface area (Å²) in [7, 11) is -3.08. The molecule has 0 N–H and O–H groups in total. The first-order valence-corrected chi connectivity index (χ1v) is 16.9. The van der Waals surface area contributed by atoms with Gasteiger partial charge in [-0.3, -0.25) is 0 Å². The predicted octanol–water partition coefficient (Wildman–Crippen LogP) is 9.76. The molecule has 34 heavy (non-hydrogen) atoms. The lowest BCUT2D eigenvalue weighted by atomic mass is 10.1. The minimum Gasteiger partial charge on any atom is -0.351 e. The smallest absolute Gasteiger partial charge is 0.351 e. The van der Waals surface area contributed by atoms with Gasteiger partial charge >= 0.3 is 9.05 Å². The Morgan fingerprint density at radius 2 is 0.500 bits per heavy atom. The van der Waals surface area contributed by atoms with Crippen molar-refractivity contribution in [2.24, 2.45) is 0 Å². The second-order valence-corrected chi connectivity index (χ2v) is 12.1. The van der Waals surface area contributed by atoms with Crippen LogP contribution in [-0.4, -0.2) is 35.5 Å². The van der Waals surface area contributed by atoms with Crippen molar-refractivity contribution < 1.29 is 17.7 Å². The standard InChI is InChI=1S/C29H62O4Si/c1-5-9-13-17-21-25-29-33-34(30-26-22-18-14-10-6-2,31-27-23-19-15-11-7-3)32-28-24-20-16-12-8-4/h5-29H2,1-4H3. The van der Waals surface area contributed by atoms with Crippen LogP contribution in [-0.2, 0) is 17.7 Å². The van der Waals surface area contributed by atoms with Crippen molar-refractivity contribution in [1.29, 1.82) is 0 Å². The fourth-order valence-corrected chi connectivity index (χ4v) is 6.12. The van der Waals surface area contributed by atoms with Gasteiger partial charge in [0.25, 0.3) is 0 Å². The van der Waals surface area contributed by atoms with Crippen LogP contribution in [0.3, 0.4) is 0 Å². The van der Waals surface area contributed by atoms with Crippen LogP contribution in [0, 0.1) is 0 Å². The lowest BCUT2D eigenvalue weighted by molar-refractivity contribution is -0.0375. The fraction of sp³-hybridized carbons (Fsp3) is 1.00. The Balaban J connectivity index is 4.74. The van der Waals surface area contributed by atoms with Gasteiger partial charge in [0.2, 0.25) is 0 Å². The number of unbranched alkanes of at least 4 members (excludes halogenated alkanes) is 17. The van der Waals surface area contributed by atoms with Crippen LogP contribution in [0.4, 0.5) is 0 Å². The van der Waals surface area contributed by atoms with Gasteiger partial charge in [-0.1, -0.05) is 137 Å². The Hall–Kier alpha value is 0.0569. The summed E-state index contributed by atoms with van der Waals surface area (Å²) in [4.78, 5) is 0. The average molecular weight is 503 g/mol. The highest BCUT2D eigenvalue weighted by Gasteiger charge is 2.45. The molecule has 0 aromatic heterocycles. The Labute approximate surface area is 215 Å². The number of hydrogen-bond donors (Lipinski definition) is 0. The molecule has 4 nitrogen and oxygen atoms in total. The fourth-order valence-electron chi connectivity index (χ4n) is 4.04. The molecule has 0 unspecified atom stereocenters. The number of rotatable bonds is 29. The molecule has 0 aliphatic heterocycles. The molecule has 0 aromatic rings. The highest BCUT2D eigenvalue weighted by Crippen LogP contribution is 2.18. The molecule has 0 spiro atoms. The molecule has 0 bridgehead atoms. The van der Waals surface area contributed by atoms with Gasteiger partial charge in [0.05, 0.1) is 0 Å². The summed E-state index contributed by atoms with van der Waals surface area (Å²) < 4.78 is 25.5. The van der Waals surface area contributed by atoms with E-state index in [-0.39, 0.29) is 0 Å². The lowest BCUT2D eigenvalue weighted by Gasteiger charge is -2.28. The van der Waals surface area contributed by atoms with Gasteiger partial charge in [0.1, 0.15) is 0 Å². The SMILES string of the molecule is CCCCCCCCO[Si](OCCCCCCC)(OCCCCCCC)OCCCCCCC. The van der Waals surface area contributed by atoms with Crippen LogP contribution >= 0.6 is 0 Å². The van der Waals surface area contributed by atoms with Crippen molar-refractivity contribution in [2.75, 3.05) is 26.4 Å². The maximum atomic E-state index is 6.39. The molecule has 5 heteroatoms. The summed E-state index contributed by atoms with van der Waals surface area (Å²) >= 11 is 0. The first-order valence-electron chi connectivity index (χ1n) is 15.3. The van der Waals surface area contributed by atoms with Crippen molar-refractivity contribution >= 4 is 9.05 Å². The van der Waals surface area contributed by atoms with Crippen molar-refractivity contribution in [3.8, 4) is 0 Å². The van der Waals surface area contributed by atoms with Crippen molar-refractivity contribution in [3.63, 3.8) is 0 Å². The van der Waals surface area contributed by atoms with Crippen molar-refractivity contribution in [1.82, 2.24) is 0 Å². The Morgan fingerprint density at radius 3 is 0.735 bits per heavy atom. The summed E-state index contributed by atoms with van der Waals surface area (Å²) in [6.07, 6.45) is 25.9. The van der Waals surface area contributed by atoms with Crippen LogP contribution in [0.25, 0.3) is 0 Å². The molecule has 0 aliphatic carbocycles.